The Labute approximate surface area is 159 Å². The molecule has 0 saturated carbocycles. The zero-order valence-electron chi connectivity index (χ0n) is 15.1. The van der Waals surface area contributed by atoms with E-state index in [2.05, 4.69) is 4.72 Å². The first-order valence-corrected chi connectivity index (χ1v) is 11.3. The van der Waals surface area contributed by atoms with Crippen molar-refractivity contribution in [2.24, 2.45) is 5.41 Å². The van der Waals surface area contributed by atoms with Gasteiger partial charge in [-0.05, 0) is 56.7 Å². The summed E-state index contributed by atoms with van der Waals surface area (Å²) in [5, 5.41) is 0. The lowest BCUT2D eigenvalue weighted by atomic mass is 9.95. The molecule has 2 aromatic rings. The second-order valence-electron chi connectivity index (χ2n) is 7.12. The molecule has 0 aromatic heterocycles. The molecule has 1 amide bonds. The summed E-state index contributed by atoms with van der Waals surface area (Å²) in [4.78, 5) is 12.4. The highest BCUT2D eigenvalue weighted by Gasteiger charge is 2.49. The maximum absolute atomic E-state index is 12.6. The van der Waals surface area contributed by atoms with E-state index in [0.29, 0.717) is 5.69 Å². The van der Waals surface area contributed by atoms with Crippen LogP contribution in [0.25, 0.3) is 0 Å². The number of carbonyl (C=O) groups is 1. The Hall–Kier alpha value is -2.39. The average molecular weight is 409 g/mol. The number of hydrogen-bond donors (Lipinski definition) is 1. The topological polar surface area (TPSA) is 101 Å². The Morgan fingerprint density at radius 1 is 1.04 bits per heavy atom. The van der Waals surface area contributed by atoms with E-state index in [1.165, 1.54) is 24.3 Å². The van der Waals surface area contributed by atoms with Gasteiger partial charge in [0.25, 0.3) is 10.0 Å². The summed E-state index contributed by atoms with van der Waals surface area (Å²) in [6, 6.07) is 12.2. The lowest BCUT2D eigenvalue weighted by Crippen LogP contribution is -2.32. The highest BCUT2D eigenvalue weighted by Crippen LogP contribution is 2.36. The first-order chi connectivity index (χ1) is 12.4. The standard InChI is InChI=1S/C18H20N2O5S2/c1-13-6-4-5-7-16(13)19-27(24,25)15-10-8-14(9-11-15)20-17(21)18(2,3)12-26(20,22)23/h4-11,19H,12H2,1-3H3. The fourth-order valence-corrected chi connectivity index (χ4v) is 6.15. The molecule has 1 aliphatic rings. The molecule has 7 nitrogen and oxygen atoms in total. The number of amides is 1. The van der Waals surface area contributed by atoms with Gasteiger partial charge in [0.2, 0.25) is 15.9 Å². The molecule has 2 aromatic carbocycles. The summed E-state index contributed by atoms with van der Waals surface area (Å²) in [5.41, 5.74) is 0.338. The first-order valence-electron chi connectivity index (χ1n) is 8.20. The third-order valence-electron chi connectivity index (χ3n) is 4.36. The molecular weight excluding hydrogens is 388 g/mol. The minimum Gasteiger partial charge on any atom is -0.279 e. The van der Waals surface area contributed by atoms with Crippen molar-refractivity contribution in [2.45, 2.75) is 25.7 Å². The molecular formula is C18H20N2O5S2. The molecule has 1 saturated heterocycles. The largest absolute Gasteiger partial charge is 0.279 e. The highest BCUT2D eigenvalue weighted by atomic mass is 32.2. The van der Waals surface area contributed by atoms with Crippen molar-refractivity contribution in [3.8, 4) is 0 Å². The molecule has 1 heterocycles. The highest BCUT2D eigenvalue weighted by molar-refractivity contribution is 7.94. The smallest absolute Gasteiger partial charge is 0.261 e. The maximum atomic E-state index is 12.6. The average Bonchev–Trinajstić information content (AvgIpc) is 2.73. The van der Waals surface area contributed by atoms with E-state index < -0.39 is 31.4 Å². The monoisotopic (exact) mass is 408 g/mol. The second-order valence-corrected chi connectivity index (χ2v) is 10.6. The molecule has 9 heteroatoms. The van der Waals surface area contributed by atoms with Crippen LogP contribution in [-0.2, 0) is 24.8 Å². The number of benzene rings is 2. The first kappa shape index (κ1) is 19.4. The molecule has 0 radical (unpaired) electrons. The fraction of sp³-hybridized carbons (Fsp3) is 0.278. The number of aryl methyl sites for hydroxylation is 1. The van der Waals surface area contributed by atoms with E-state index in [1.807, 2.05) is 0 Å². The molecule has 144 valence electrons. The summed E-state index contributed by atoms with van der Waals surface area (Å²) < 4.78 is 53.0. The Kier molecular flexibility index (Phi) is 4.55. The molecule has 0 unspecified atom stereocenters. The van der Waals surface area contributed by atoms with Crippen molar-refractivity contribution in [3.63, 3.8) is 0 Å². The van der Waals surface area contributed by atoms with Gasteiger partial charge < -0.3 is 0 Å². The van der Waals surface area contributed by atoms with Gasteiger partial charge in [0.05, 0.1) is 27.4 Å². The minimum absolute atomic E-state index is 0.0298. The number of anilines is 2. The third-order valence-corrected chi connectivity index (χ3v) is 7.76. The number of rotatable bonds is 4. The minimum atomic E-state index is -3.84. The number of nitrogens with zero attached hydrogens (tertiary/aromatic N) is 1. The van der Waals surface area contributed by atoms with Crippen LogP contribution in [0.4, 0.5) is 11.4 Å². The van der Waals surface area contributed by atoms with Gasteiger partial charge in [-0.15, -0.1) is 0 Å². The van der Waals surface area contributed by atoms with Gasteiger partial charge in [-0.25, -0.2) is 21.1 Å². The molecule has 0 spiro atoms. The van der Waals surface area contributed by atoms with Crippen LogP contribution in [0.2, 0.25) is 0 Å². The molecule has 0 aliphatic carbocycles. The van der Waals surface area contributed by atoms with Crippen LogP contribution >= 0.6 is 0 Å². The fourth-order valence-electron chi connectivity index (χ4n) is 2.91. The second kappa shape index (κ2) is 6.35. The van der Waals surface area contributed by atoms with Gasteiger partial charge in [-0.2, -0.15) is 0 Å². The summed E-state index contributed by atoms with van der Waals surface area (Å²) in [6.45, 7) is 4.92. The molecule has 1 N–H and O–H groups in total. The van der Waals surface area contributed by atoms with Crippen LogP contribution in [0.3, 0.4) is 0 Å². The molecule has 0 atom stereocenters. The van der Waals surface area contributed by atoms with Gasteiger partial charge in [-0.1, -0.05) is 18.2 Å². The zero-order chi connectivity index (χ0) is 20.0. The number of sulfonamides is 2. The van der Waals surface area contributed by atoms with Crippen molar-refractivity contribution >= 4 is 37.3 Å². The molecule has 1 fully saturated rings. The van der Waals surface area contributed by atoms with Crippen molar-refractivity contribution in [1.29, 1.82) is 0 Å². The van der Waals surface area contributed by atoms with Crippen molar-refractivity contribution < 1.29 is 21.6 Å². The number of para-hydroxylation sites is 1. The maximum Gasteiger partial charge on any atom is 0.261 e. The molecule has 3 rings (SSSR count). The van der Waals surface area contributed by atoms with E-state index in [0.717, 1.165) is 9.87 Å². The number of hydrogen-bond acceptors (Lipinski definition) is 5. The number of carbonyl (C=O) groups excluding carboxylic acids is 1. The van der Waals surface area contributed by atoms with Gasteiger partial charge >= 0.3 is 0 Å². The molecule has 0 bridgehead atoms. The van der Waals surface area contributed by atoms with Crippen LogP contribution < -0.4 is 9.03 Å². The SMILES string of the molecule is Cc1ccccc1NS(=O)(=O)c1ccc(N2C(=O)C(C)(C)CS2(=O)=O)cc1. The van der Waals surface area contributed by atoms with Crippen molar-refractivity contribution in [1.82, 2.24) is 0 Å². The summed E-state index contributed by atoms with van der Waals surface area (Å²) in [7, 11) is -7.62. The van der Waals surface area contributed by atoms with E-state index in [4.69, 9.17) is 0 Å². The molecule has 1 aliphatic heterocycles. The van der Waals surface area contributed by atoms with Crippen LogP contribution in [-0.4, -0.2) is 28.5 Å². The van der Waals surface area contributed by atoms with E-state index in [-0.39, 0.29) is 16.3 Å². The van der Waals surface area contributed by atoms with Gasteiger partial charge in [0.1, 0.15) is 0 Å². The van der Waals surface area contributed by atoms with Crippen LogP contribution in [0.1, 0.15) is 19.4 Å². The predicted molar refractivity (Wildman–Crippen MR) is 103 cm³/mol. The normalized spacial score (nSPS) is 18.5. The lowest BCUT2D eigenvalue weighted by Gasteiger charge is -2.18. The van der Waals surface area contributed by atoms with Gasteiger partial charge in [-0.3, -0.25) is 9.52 Å². The lowest BCUT2D eigenvalue weighted by molar-refractivity contribution is -0.123. The predicted octanol–water partition coefficient (Wildman–Crippen LogP) is 2.50. The summed E-state index contributed by atoms with van der Waals surface area (Å²) in [6.07, 6.45) is 0. The van der Waals surface area contributed by atoms with Gasteiger partial charge in [0.15, 0.2) is 0 Å². The molecule has 27 heavy (non-hydrogen) atoms. The Bertz CT molecular complexity index is 1100. The van der Waals surface area contributed by atoms with E-state index in [9.17, 15) is 21.6 Å². The van der Waals surface area contributed by atoms with Gasteiger partial charge in [0, 0.05) is 0 Å². The Balaban J connectivity index is 1.92. The number of nitrogens with one attached hydrogen (secondary N) is 1. The van der Waals surface area contributed by atoms with E-state index in [1.54, 1.807) is 45.0 Å². The van der Waals surface area contributed by atoms with Crippen molar-refractivity contribution in [3.05, 3.63) is 54.1 Å². The zero-order valence-corrected chi connectivity index (χ0v) is 16.8. The van der Waals surface area contributed by atoms with Crippen LogP contribution in [0.5, 0.6) is 0 Å². The van der Waals surface area contributed by atoms with Crippen LogP contribution in [0, 0.1) is 12.3 Å². The Morgan fingerprint density at radius 2 is 1.63 bits per heavy atom. The quantitative estimate of drug-likeness (QED) is 0.838. The Morgan fingerprint density at radius 3 is 2.15 bits per heavy atom. The van der Waals surface area contributed by atoms with Crippen LogP contribution in [0.15, 0.2) is 53.4 Å². The summed E-state index contributed by atoms with van der Waals surface area (Å²) in [5.74, 6) is -0.815. The third kappa shape index (κ3) is 3.57. The summed E-state index contributed by atoms with van der Waals surface area (Å²) >= 11 is 0. The van der Waals surface area contributed by atoms with Crippen molar-refractivity contribution in [2.75, 3.05) is 14.8 Å². The van der Waals surface area contributed by atoms with E-state index >= 15 is 0 Å².